The van der Waals surface area contributed by atoms with Crippen LogP contribution in [0.4, 0.5) is 26.3 Å². The molecule has 1 heterocycles. The average Bonchev–Trinajstić information content (AvgIpc) is 3.55. The number of unbranched alkanes of at least 4 members (excludes halogenated alkanes) is 6. The van der Waals surface area contributed by atoms with Gasteiger partial charge in [-0.05, 0) is 112 Å². The Morgan fingerprint density at radius 1 is 0.661 bits per heavy atom. The molecule has 4 nitrogen and oxygen atoms in total. The van der Waals surface area contributed by atoms with Crippen LogP contribution in [0.1, 0.15) is 119 Å². The van der Waals surface area contributed by atoms with Gasteiger partial charge in [0.25, 0.3) is 0 Å². The number of hydrogen-bond acceptors (Lipinski definition) is 4. The fourth-order valence-corrected chi connectivity index (χ4v) is 9.70. The first-order chi connectivity index (χ1) is 29.7. The zero-order valence-electron chi connectivity index (χ0n) is 35.4. The third-order valence-electron chi connectivity index (χ3n) is 12.3. The smallest absolute Gasteiger partial charge is 0.389 e. The Bertz CT molecular complexity index is 2280. The molecule has 0 amide bonds. The van der Waals surface area contributed by atoms with Crippen LogP contribution in [0.2, 0.25) is 0 Å². The van der Waals surface area contributed by atoms with E-state index in [-0.39, 0.29) is 0 Å². The molecule has 0 atom stereocenters. The molecular formula is C51H53BrF6O4. The fraction of sp³-hybridized carbons (Fsp3) is 0.412. The lowest BCUT2D eigenvalue weighted by molar-refractivity contribution is -0.143. The van der Waals surface area contributed by atoms with E-state index in [1.807, 2.05) is 72.8 Å². The molecule has 0 saturated heterocycles. The van der Waals surface area contributed by atoms with Crippen molar-refractivity contribution in [2.75, 3.05) is 20.3 Å². The fourth-order valence-electron chi connectivity index (χ4n) is 9.19. The molecule has 0 spiro atoms. The predicted molar refractivity (Wildman–Crippen MR) is 238 cm³/mol. The summed E-state index contributed by atoms with van der Waals surface area (Å²) in [5, 5.41) is 1.21. The summed E-state index contributed by atoms with van der Waals surface area (Å²) < 4.78 is 112. The van der Waals surface area contributed by atoms with Crippen molar-refractivity contribution < 1.29 is 45.3 Å². The Hall–Kier alpha value is -4.64. The number of benzene rings is 5. The minimum Gasteiger partial charge on any atom is -0.496 e. The van der Waals surface area contributed by atoms with Crippen molar-refractivity contribution in [3.8, 4) is 34.1 Å². The van der Waals surface area contributed by atoms with E-state index in [0.29, 0.717) is 79.3 Å². The van der Waals surface area contributed by atoms with Gasteiger partial charge in [0.1, 0.15) is 23.0 Å². The second kappa shape index (κ2) is 19.0. The van der Waals surface area contributed by atoms with Crippen LogP contribution in [0.15, 0.2) is 95.5 Å². The Morgan fingerprint density at radius 3 is 1.73 bits per heavy atom. The Balaban J connectivity index is 1.44. The molecule has 1 aliphatic heterocycles. The monoisotopic (exact) mass is 922 g/mol. The molecule has 5 aromatic rings. The van der Waals surface area contributed by atoms with Gasteiger partial charge < -0.3 is 18.9 Å². The number of fused-ring (bicyclic) bond motifs is 8. The quantitative estimate of drug-likeness (QED) is 0.0611. The van der Waals surface area contributed by atoms with E-state index in [1.54, 1.807) is 24.3 Å². The van der Waals surface area contributed by atoms with Crippen LogP contribution < -0.4 is 18.9 Å². The molecule has 0 bridgehead atoms. The van der Waals surface area contributed by atoms with Gasteiger partial charge in [-0.3, -0.25) is 0 Å². The van der Waals surface area contributed by atoms with E-state index < -0.39 is 49.1 Å². The van der Waals surface area contributed by atoms with Crippen molar-refractivity contribution >= 4 is 32.8 Å². The van der Waals surface area contributed by atoms with Gasteiger partial charge in [-0.25, -0.2) is 0 Å². The average molecular weight is 924 g/mol. The van der Waals surface area contributed by atoms with E-state index in [4.69, 9.17) is 18.9 Å². The summed E-state index contributed by atoms with van der Waals surface area (Å²) in [5.74, 6) is 2.20. The summed E-state index contributed by atoms with van der Waals surface area (Å²) in [5.41, 5.74) is 0.996. The molecule has 0 fully saturated rings. The maximum Gasteiger partial charge on any atom is 0.389 e. The highest BCUT2D eigenvalue weighted by Gasteiger charge is 2.51. The van der Waals surface area contributed by atoms with Crippen molar-refractivity contribution in [3.05, 3.63) is 123 Å². The summed E-state index contributed by atoms with van der Waals surface area (Å²) in [7, 11) is 1.53. The lowest BCUT2D eigenvalue weighted by Gasteiger charge is -2.40. The minimum absolute atomic E-state index is 0.329. The Morgan fingerprint density at radius 2 is 1.21 bits per heavy atom. The van der Waals surface area contributed by atoms with Gasteiger partial charge in [-0.15, -0.1) is 0 Å². The van der Waals surface area contributed by atoms with Crippen molar-refractivity contribution in [1.29, 1.82) is 0 Å². The first-order valence-corrected chi connectivity index (χ1v) is 22.5. The van der Waals surface area contributed by atoms with Gasteiger partial charge in [0.05, 0.1) is 24.8 Å². The highest BCUT2D eigenvalue weighted by Crippen LogP contribution is 2.62. The number of halogens is 7. The van der Waals surface area contributed by atoms with Gasteiger partial charge in [0, 0.05) is 40.3 Å². The van der Waals surface area contributed by atoms with Gasteiger partial charge in [0.15, 0.2) is 5.60 Å². The Labute approximate surface area is 368 Å². The molecule has 0 N–H and O–H groups in total. The molecule has 330 valence electrons. The van der Waals surface area contributed by atoms with Crippen LogP contribution in [0.3, 0.4) is 0 Å². The van der Waals surface area contributed by atoms with Crippen LogP contribution in [-0.2, 0) is 11.0 Å². The Kier molecular flexibility index (Phi) is 13.9. The number of ether oxygens (including phenoxy) is 4. The SMILES string of the molecule is CCCCCCOc1ccc(C2(c3ccc(OCCCCCC)cc3)C=Cc3c4c(c5cc(Br)c(OC)cc5c3O2)-c2ccccc2C4(CCC(F)(F)F)CCC(F)(F)F)cc1. The summed E-state index contributed by atoms with van der Waals surface area (Å²) in [6.07, 6.45) is -0.687. The van der Waals surface area contributed by atoms with Crippen LogP contribution in [0, 0.1) is 0 Å². The van der Waals surface area contributed by atoms with Gasteiger partial charge >= 0.3 is 12.4 Å². The second-order valence-electron chi connectivity index (χ2n) is 16.4. The van der Waals surface area contributed by atoms with Crippen molar-refractivity contribution in [2.45, 2.75) is 114 Å². The normalized spacial score (nSPS) is 14.9. The van der Waals surface area contributed by atoms with Crippen molar-refractivity contribution in [2.24, 2.45) is 0 Å². The highest BCUT2D eigenvalue weighted by atomic mass is 79.9. The van der Waals surface area contributed by atoms with Crippen molar-refractivity contribution in [1.82, 2.24) is 0 Å². The van der Waals surface area contributed by atoms with E-state index >= 15 is 0 Å². The zero-order valence-corrected chi connectivity index (χ0v) is 37.0. The third-order valence-corrected chi connectivity index (χ3v) is 12.9. The molecule has 0 saturated carbocycles. The minimum atomic E-state index is -4.62. The summed E-state index contributed by atoms with van der Waals surface area (Å²) >= 11 is 3.63. The van der Waals surface area contributed by atoms with Crippen molar-refractivity contribution in [3.63, 3.8) is 0 Å². The van der Waals surface area contributed by atoms with E-state index in [0.717, 1.165) is 62.5 Å². The molecule has 2 aliphatic rings. The number of hydrogen-bond donors (Lipinski definition) is 0. The molecule has 0 aromatic heterocycles. The molecule has 7 rings (SSSR count). The van der Waals surface area contributed by atoms with Crippen LogP contribution in [-0.4, -0.2) is 32.7 Å². The van der Waals surface area contributed by atoms with E-state index in [2.05, 4.69) is 29.8 Å². The molecule has 0 unspecified atom stereocenters. The molecule has 0 radical (unpaired) electrons. The number of alkyl halides is 6. The van der Waals surface area contributed by atoms with Crippen LogP contribution in [0.5, 0.6) is 23.0 Å². The lowest BCUT2D eigenvalue weighted by Crippen LogP contribution is -2.36. The predicted octanol–water partition coefficient (Wildman–Crippen LogP) is 15.8. The molecule has 11 heteroatoms. The van der Waals surface area contributed by atoms with E-state index in [9.17, 15) is 26.3 Å². The lowest BCUT2D eigenvalue weighted by atomic mass is 9.68. The molecule has 1 aliphatic carbocycles. The number of rotatable bonds is 19. The highest BCUT2D eigenvalue weighted by molar-refractivity contribution is 9.10. The van der Waals surface area contributed by atoms with Gasteiger partial charge in [-0.1, -0.05) is 107 Å². The summed E-state index contributed by atoms with van der Waals surface area (Å²) in [4.78, 5) is 0. The topological polar surface area (TPSA) is 36.9 Å². The maximum absolute atomic E-state index is 14.3. The van der Waals surface area contributed by atoms with Crippen LogP contribution in [0.25, 0.3) is 28.0 Å². The molecular weight excluding hydrogens is 870 g/mol. The standard InChI is InChI=1S/C51H53BrF6O4/c1-4-6-8-12-30-60-36-20-16-34(17-21-36)49(35-18-22-37(23-19-35)61-31-13-9-7-5-2)25-24-39-46-45(40-32-43(52)44(59-3)33-41(40)47(39)62-49)38-14-10-11-15-42(38)48(46,26-28-50(53,54)55)27-29-51(56,57)58/h10-11,14-25,32-33H,4-9,12-13,26-31H2,1-3H3. The van der Waals surface area contributed by atoms with Gasteiger partial charge in [-0.2, -0.15) is 26.3 Å². The summed E-state index contributed by atoms with van der Waals surface area (Å²) in [6, 6.07) is 25.9. The molecule has 62 heavy (non-hydrogen) atoms. The maximum atomic E-state index is 14.3. The van der Waals surface area contributed by atoms with E-state index in [1.165, 1.54) is 7.11 Å². The largest absolute Gasteiger partial charge is 0.496 e. The van der Waals surface area contributed by atoms with Gasteiger partial charge in [0.2, 0.25) is 0 Å². The third kappa shape index (κ3) is 9.48. The first kappa shape index (κ1) is 45.4. The summed E-state index contributed by atoms with van der Waals surface area (Å²) in [6.45, 7) is 5.48. The number of methoxy groups -OCH3 is 1. The zero-order chi connectivity index (χ0) is 44.1. The second-order valence-corrected chi connectivity index (χ2v) is 17.3. The first-order valence-electron chi connectivity index (χ1n) is 21.7. The van der Waals surface area contributed by atoms with Crippen LogP contribution >= 0.6 is 15.9 Å². The molecule has 5 aromatic carbocycles.